The molecule has 0 aromatic carbocycles. The molecule has 1 aromatic rings. The molecule has 0 spiro atoms. The van der Waals surface area contributed by atoms with Crippen LogP contribution in [0.15, 0.2) is 18.2 Å². The van der Waals surface area contributed by atoms with Crippen molar-refractivity contribution < 1.29 is 9.53 Å². The van der Waals surface area contributed by atoms with Gasteiger partial charge in [0.2, 0.25) is 0 Å². The van der Waals surface area contributed by atoms with E-state index in [0.29, 0.717) is 18.8 Å². The van der Waals surface area contributed by atoms with Crippen molar-refractivity contribution in [1.29, 1.82) is 0 Å². The van der Waals surface area contributed by atoms with Gasteiger partial charge in [-0.05, 0) is 38.4 Å². The summed E-state index contributed by atoms with van der Waals surface area (Å²) in [5, 5.41) is 6.38. The van der Waals surface area contributed by atoms with Crippen molar-refractivity contribution in [3.63, 3.8) is 0 Å². The standard InChI is InChI=1S/C14H21N3O2.2ClH/c1-11-5-3-6-12(17-11)13(18)15-9-14(10-19-2)7-4-8-16-14;;/h3,5-6,16H,4,7-10H2,1-2H3,(H,15,18);2*1H. The smallest absolute Gasteiger partial charge is 0.269 e. The highest BCUT2D eigenvalue weighted by atomic mass is 35.5. The van der Waals surface area contributed by atoms with Gasteiger partial charge in [-0.25, -0.2) is 4.98 Å². The second-order valence-corrected chi connectivity index (χ2v) is 5.09. The van der Waals surface area contributed by atoms with E-state index >= 15 is 0 Å². The van der Waals surface area contributed by atoms with Gasteiger partial charge in [0, 0.05) is 19.3 Å². The molecule has 0 saturated carbocycles. The summed E-state index contributed by atoms with van der Waals surface area (Å²) >= 11 is 0. The topological polar surface area (TPSA) is 63.2 Å². The van der Waals surface area contributed by atoms with Crippen LogP contribution in [0.25, 0.3) is 0 Å². The van der Waals surface area contributed by atoms with E-state index in [1.165, 1.54) is 0 Å². The molecule has 0 bridgehead atoms. The number of rotatable bonds is 5. The first-order valence-corrected chi connectivity index (χ1v) is 6.61. The zero-order chi connectivity index (χ0) is 13.7. The number of carbonyl (C=O) groups is 1. The largest absolute Gasteiger partial charge is 0.383 e. The van der Waals surface area contributed by atoms with Crippen LogP contribution < -0.4 is 10.6 Å². The number of aromatic nitrogens is 1. The Balaban J connectivity index is 0.00000200. The summed E-state index contributed by atoms with van der Waals surface area (Å²) in [6, 6.07) is 5.45. The van der Waals surface area contributed by atoms with Crippen molar-refractivity contribution in [3.05, 3.63) is 29.6 Å². The van der Waals surface area contributed by atoms with E-state index in [1.807, 2.05) is 19.1 Å². The summed E-state index contributed by atoms with van der Waals surface area (Å²) in [6.45, 7) is 4.02. The van der Waals surface area contributed by atoms with Crippen LogP contribution in [0.5, 0.6) is 0 Å². The maximum absolute atomic E-state index is 12.1. The molecule has 1 saturated heterocycles. The Morgan fingerprint density at radius 3 is 2.81 bits per heavy atom. The molecular weight excluding hydrogens is 313 g/mol. The summed E-state index contributed by atoms with van der Waals surface area (Å²) in [6.07, 6.45) is 2.13. The molecule has 2 heterocycles. The molecule has 2 N–H and O–H groups in total. The third-order valence-electron chi connectivity index (χ3n) is 3.46. The molecule has 1 unspecified atom stereocenters. The van der Waals surface area contributed by atoms with E-state index in [2.05, 4.69) is 15.6 Å². The number of nitrogens with one attached hydrogen (secondary N) is 2. The van der Waals surface area contributed by atoms with Crippen LogP contribution in [0, 0.1) is 6.92 Å². The van der Waals surface area contributed by atoms with Crippen molar-refractivity contribution in [2.75, 3.05) is 26.8 Å². The Kier molecular flexibility index (Phi) is 8.82. The highest BCUT2D eigenvalue weighted by Crippen LogP contribution is 2.18. The number of amides is 1. The maximum Gasteiger partial charge on any atom is 0.269 e. The van der Waals surface area contributed by atoms with Gasteiger partial charge in [-0.3, -0.25) is 4.79 Å². The number of carbonyl (C=O) groups excluding carboxylic acids is 1. The van der Waals surface area contributed by atoms with Gasteiger partial charge in [-0.1, -0.05) is 6.07 Å². The lowest BCUT2D eigenvalue weighted by atomic mass is 9.98. The van der Waals surface area contributed by atoms with Crippen LogP contribution in [-0.4, -0.2) is 43.2 Å². The first-order chi connectivity index (χ1) is 9.15. The van der Waals surface area contributed by atoms with Gasteiger partial charge in [-0.2, -0.15) is 0 Å². The number of nitrogens with zero attached hydrogens (tertiary/aromatic N) is 1. The van der Waals surface area contributed by atoms with E-state index in [0.717, 1.165) is 25.1 Å². The number of pyridine rings is 1. The molecule has 1 amide bonds. The third kappa shape index (κ3) is 5.43. The fraction of sp³-hybridized carbons (Fsp3) is 0.571. The van der Waals surface area contributed by atoms with Crippen molar-refractivity contribution in [3.8, 4) is 0 Å². The number of methoxy groups -OCH3 is 1. The van der Waals surface area contributed by atoms with Crippen LogP contribution >= 0.6 is 24.8 Å². The maximum atomic E-state index is 12.1. The number of halogens is 2. The van der Waals surface area contributed by atoms with Crippen molar-refractivity contribution in [2.45, 2.75) is 25.3 Å². The van der Waals surface area contributed by atoms with Gasteiger partial charge in [-0.15, -0.1) is 24.8 Å². The van der Waals surface area contributed by atoms with Gasteiger partial charge in [0.05, 0.1) is 12.1 Å². The number of hydrogen-bond donors (Lipinski definition) is 2. The van der Waals surface area contributed by atoms with E-state index in [-0.39, 0.29) is 36.3 Å². The quantitative estimate of drug-likeness (QED) is 0.860. The monoisotopic (exact) mass is 335 g/mol. The van der Waals surface area contributed by atoms with E-state index in [4.69, 9.17) is 4.74 Å². The van der Waals surface area contributed by atoms with Crippen LogP contribution in [0.3, 0.4) is 0 Å². The molecule has 1 aliphatic rings. The molecule has 7 heteroatoms. The van der Waals surface area contributed by atoms with Crippen molar-refractivity contribution in [2.24, 2.45) is 0 Å². The average Bonchev–Trinajstić information content (AvgIpc) is 2.85. The second-order valence-electron chi connectivity index (χ2n) is 5.09. The normalized spacial score (nSPS) is 20.3. The van der Waals surface area contributed by atoms with E-state index in [1.54, 1.807) is 13.2 Å². The van der Waals surface area contributed by atoms with Gasteiger partial charge in [0.1, 0.15) is 5.69 Å². The molecule has 5 nitrogen and oxygen atoms in total. The Morgan fingerprint density at radius 1 is 1.48 bits per heavy atom. The zero-order valence-electron chi connectivity index (χ0n) is 12.3. The summed E-state index contributed by atoms with van der Waals surface area (Å²) < 4.78 is 5.26. The fourth-order valence-corrected chi connectivity index (χ4v) is 2.48. The number of aryl methyl sites for hydroxylation is 1. The first-order valence-electron chi connectivity index (χ1n) is 6.61. The van der Waals surface area contributed by atoms with Gasteiger partial charge < -0.3 is 15.4 Å². The van der Waals surface area contributed by atoms with Crippen LogP contribution in [0.1, 0.15) is 29.0 Å². The molecule has 21 heavy (non-hydrogen) atoms. The van der Waals surface area contributed by atoms with E-state index in [9.17, 15) is 4.79 Å². The minimum atomic E-state index is -0.132. The fourth-order valence-electron chi connectivity index (χ4n) is 2.48. The van der Waals surface area contributed by atoms with Gasteiger partial charge >= 0.3 is 0 Å². The number of hydrogen-bond acceptors (Lipinski definition) is 4. The van der Waals surface area contributed by atoms with E-state index < -0.39 is 0 Å². The SMILES string of the molecule is COCC1(CNC(=O)c2cccc(C)n2)CCCN1.Cl.Cl. The third-order valence-corrected chi connectivity index (χ3v) is 3.46. The molecule has 0 radical (unpaired) electrons. The van der Waals surface area contributed by atoms with Crippen LogP contribution in [0.2, 0.25) is 0 Å². The lowest BCUT2D eigenvalue weighted by molar-refractivity contribution is 0.0887. The Labute approximate surface area is 138 Å². The first kappa shape index (κ1) is 20.1. The molecule has 120 valence electrons. The Morgan fingerprint density at radius 2 is 2.24 bits per heavy atom. The van der Waals surface area contributed by atoms with Crippen LogP contribution in [-0.2, 0) is 4.74 Å². The lowest BCUT2D eigenvalue weighted by Gasteiger charge is -2.28. The minimum Gasteiger partial charge on any atom is -0.383 e. The molecule has 0 aliphatic carbocycles. The second kappa shape index (κ2) is 9.20. The molecule has 1 aliphatic heterocycles. The summed E-state index contributed by atoms with van der Waals surface area (Å²) in [5.74, 6) is -0.132. The predicted octanol–water partition coefficient (Wildman–Crippen LogP) is 1.73. The lowest BCUT2D eigenvalue weighted by Crippen LogP contribution is -2.53. The molecule has 1 fully saturated rings. The summed E-state index contributed by atoms with van der Waals surface area (Å²) in [5.41, 5.74) is 1.18. The molecule has 1 aromatic heterocycles. The summed E-state index contributed by atoms with van der Waals surface area (Å²) in [4.78, 5) is 16.3. The predicted molar refractivity (Wildman–Crippen MR) is 87.6 cm³/mol. The average molecular weight is 336 g/mol. The number of ether oxygens (including phenoxy) is 1. The Hall–Kier alpha value is -0.880. The van der Waals surface area contributed by atoms with Crippen molar-refractivity contribution in [1.82, 2.24) is 15.6 Å². The highest BCUT2D eigenvalue weighted by Gasteiger charge is 2.33. The zero-order valence-corrected chi connectivity index (χ0v) is 14.0. The highest BCUT2D eigenvalue weighted by molar-refractivity contribution is 5.92. The Bertz CT molecular complexity index is 452. The summed E-state index contributed by atoms with van der Waals surface area (Å²) in [7, 11) is 1.69. The molecule has 2 rings (SSSR count). The van der Waals surface area contributed by atoms with Crippen LogP contribution in [0.4, 0.5) is 0 Å². The van der Waals surface area contributed by atoms with Crippen molar-refractivity contribution >= 4 is 30.7 Å². The molecule has 1 atom stereocenters. The van der Waals surface area contributed by atoms with Gasteiger partial charge in [0.25, 0.3) is 5.91 Å². The minimum absolute atomic E-state index is 0. The molecular formula is C14H23Cl2N3O2. The van der Waals surface area contributed by atoms with Gasteiger partial charge in [0.15, 0.2) is 0 Å².